The second-order valence-corrected chi connectivity index (χ2v) is 19.3. The van der Waals surface area contributed by atoms with E-state index >= 15 is 0 Å². The van der Waals surface area contributed by atoms with Gasteiger partial charge in [-0.3, -0.25) is 9.59 Å². The Morgan fingerprint density at radius 3 is 1.13 bits per heavy atom. The van der Waals surface area contributed by atoms with Gasteiger partial charge < -0.3 is 20.3 Å². The second-order valence-electron chi connectivity index (χ2n) is 19.3. The van der Waals surface area contributed by atoms with Gasteiger partial charge in [0.25, 0.3) is 0 Å². The van der Waals surface area contributed by atoms with Crippen molar-refractivity contribution in [1.29, 1.82) is 0 Å². The number of carbonyl (C=O) groups is 2. The summed E-state index contributed by atoms with van der Waals surface area (Å²) in [6.45, 7) is 4.84. The van der Waals surface area contributed by atoms with Gasteiger partial charge in [0.05, 0.1) is 25.4 Å². The Bertz CT molecular complexity index is 982. The number of hydrogen-bond donors (Lipinski definition) is 3. The average molecular weight is 889 g/mol. The average Bonchev–Trinajstić information content (AvgIpc) is 3.28. The molecule has 0 aromatic heterocycles. The second kappa shape index (κ2) is 53.0. The number of aliphatic hydroxyl groups excluding tert-OH is 2. The van der Waals surface area contributed by atoms with Gasteiger partial charge in [-0.1, -0.05) is 256 Å². The molecule has 0 aliphatic carbocycles. The fraction of sp³-hybridized carbons (Fsp3) is 0.895. The molecule has 0 heterocycles. The molecule has 0 spiro atoms. The summed E-state index contributed by atoms with van der Waals surface area (Å²) < 4.78 is 5.45. The Labute approximate surface area is 392 Å². The Morgan fingerprint density at radius 1 is 0.429 bits per heavy atom. The number of nitrogens with one attached hydrogen (secondary N) is 1. The molecule has 0 saturated carbocycles. The molecular weight excluding hydrogens is 779 g/mol. The Balaban J connectivity index is 3.52. The quantitative estimate of drug-likeness (QED) is 0.0321. The van der Waals surface area contributed by atoms with Gasteiger partial charge in [0.2, 0.25) is 5.91 Å². The zero-order chi connectivity index (χ0) is 45.8. The van der Waals surface area contributed by atoms with E-state index in [1.54, 1.807) is 6.08 Å². The molecular formula is C57H109NO5. The highest BCUT2D eigenvalue weighted by molar-refractivity contribution is 5.76. The van der Waals surface area contributed by atoms with Crippen LogP contribution < -0.4 is 5.32 Å². The Hall–Kier alpha value is -1.66. The maximum Gasteiger partial charge on any atom is 0.305 e. The summed E-state index contributed by atoms with van der Waals surface area (Å²) in [6.07, 6.45) is 63.4. The summed E-state index contributed by atoms with van der Waals surface area (Å²) in [5, 5.41) is 23.1. The molecule has 0 bridgehead atoms. The maximum absolute atomic E-state index is 12.5. The highest BCUT2D eigenvalue weighted by atomic mass is 16.5. The molecule has 0 aromatic carbocycles. The molecule has 0 saturated heterocycles. The van der Waals surface area contributed by atoms with Crippen molar-refractivity contribution < 1.29 is 24.5 Å². The largest absolute Gasteiger partial charge is 0.466 e. The molecule has 6 nitrogen and oxygen atoms in total. The van der Waals surface area contributed by atoms with E-state index < -0.39 is 12.1 Å². The van der Waals surface area contributed by atoms with E-state index in [2.05, 4.69) is 31.3 Å². The fourth-order valence-electron chi connectivity index (χ4n) is 8.63. The van der Waals surface area contributed by atoms with Gasteiger partial charge in [-0.2, -0.15) is 0 Å². The number of ether oxygens (including phenoxy) is 1. The monoisotopic (exact) mass is 888 g/mol. The third kappa shape index (κ3) is 49.6. The normalized spacial score (nSPS) is 12.8. The minimum Gasteiger partial charge on any atom is -0.466 e. The number of esters is 1. The van der Waals surface area contributed by atoms with Gasteiger partial charge in [0, 0.05) is 12.8 Å². The van der Waals surface area contributed by atoms with E-state index in [4.69, 9.17) is 4.74 Å². The highest BCUT2D eigenvalue weighted by Gasteiger charge is 2.18. The van der Waals surface area contributed by atoms with Crippen LogP contribution in [0.25, 0.3) is 0 Å². The molecule has 0 aliphatic heterocycles. The highest BCUT2D eigenvalue weighted by Crippen LogP contribution is 2.17. The summed E-state index contributed by atoms with van der Waals surface area (Å²) in [5.41, 5.74) is 0. The third-order valence-corrected chi connectivity index (χ3v) is 13.0. The van der Waals surface area contributed by atoms with Crippen molar-refractivity contribution in [2.24, 2.45) is 0 Å². The summed E-state index contributed by atoms with van der Waals surface area (Å²) >= 11 is 0. The topological polar surface area (TPSA) is 95.9 Å². The van der Waals surface area contributed by atoms with Crippen molar-refractivity contribution >= 4 is 11.9 Å². The van der Waals surface area contributed by atoms with Crippen LogP contribution >= 0.6 is 0 Å². The van der Waals surface area contributed by atoms with Crippen molar-refractivity contribution in [2.75, 3.05) is 13.2 Å². The molecule has 0 fully saturated rings. The molecule has 0 radical (unpaired) electrons. The first-order valence-electron chi connectivity index (χ1n) is 28.1. The molecule has 372 valence electrons. The first-order chi connectivity index (χ1) is 31.0. The standard InChI is InChI=1S/C57H109NO5/c1-3-5-7-9-11-13-15-17-19-21-23-24-26-29-33-37-41-45-49-55(60)54(53-59)58-56(61)50-46-42-38-34-30-28-32-36-40-44-48-52-63-57(62)51-47-43-39-35-31-27-25-22-20-18-16-14-12-10-8-6-4-2/h32,36,45,49,54-55,59-60H,3-31,33-35,37-44,46-48,50-53H2,1-2H3,(H,58,61)/b36-32-,49-45+. The van der Waals surface area contributed by atoms with E-state index in [9.17, 15) is 19.8 Å². The SMILES string of the molecule is CCCCCCCCCCCCCCCCCC/C=C/C(O)C(CO)NC(=O)CCCCCCC/C=C\CCCCOC(=O)CCCCCCCCCCCCCCCCCCC. The van der Waals surface area contributed by atoms with Gasteiger partial charge >= 0.3 is 5.97 Å². The van der Waals surface area contributed by atoms with Crippen LogP contribution in [0.2, 0.25) is 0 Å². The molecule has 2 atom stereocenters. The van der Waals surface area contributed by atoms with Gasteiger partial charge in [-0.15, -0.1) is 0 Å². The van der Waals surface area contributed by atoms with E-state index in [0.29, 0.717) is 19.4 Å². The van der Waals surface area contributed by atoms with E-state index in [-0.39, 0.29) is 18.5 Å². The van der Waals surface area contributed by atoms with Gasteiger partial charge in [0.15, 0.2) is 0 Å². The van der Waals surface area contributed by atoms with Gasteiger partial charge in [0.1, 0.15) is 0 Å². The van der Waals surface area contributed by atoms with Crippen LogP contribution in [0.5, 0.6) is 0 Å². The molecule has 63 heavy (non-hydrogen) atoms. The first-order valence-corrected chi connectivity index (χ1v) is 28.1. The number of amides is 1. The summed E-state index contributed by atoms with van der Waals surface area (Å²) in [7, 11) is 0. The van der Waals surface area contributed by atoms with Crippen LogP contribution in [-0.2, 0) is 14.3 Å². The molecule has 0 aromatic rings. The van der Waals surface area contributed by atoms with Crippen molar-refractivity contribution in [3.05, 3.63) is 24.3 Å². The lowest BCUT2D eigenvalue weighted by Crippen LogP contribution is -2.45. The van der Waals surface area contributed by atoms with Crippen LogP contribution in [0.15, 0.2) is 24.3 Å². The zero-order valence-electron chi connectivity index (χ0n) is 42.3. The van der Waals surface area contributed by atoms with E-state index in [0.717, 1.165) is 83.5 Å². The van der Waals surface area contributed by atoms with Crippen molar-refractivity contribution in [2.45, 2.75) is 315 Å². The van der Waals surface area contributed by atoms with Gasteiger partial charge in [-0.25, -0.2) is 0 Å². The van der Waals surface area contributed by atoms with Crippen molar-refractivity contribution in [3.8, 4) is 0 Å². The van der Waals surface area contributed by atoms with Crippen LogP contribution in [0.4, 0.5) is 0 Å². The van der Waals surface area contributed by atoms with Crippen LogP contribution in [-0.4, -0.2) is 47.4 Å². The predicted molar refractivity (Wildman–Crippen MR) is 273 cm³/mol. The van der Waals surface area contributed by atoms with Crippen molar-refractivity contribution in [1.82, 2.24) is 5.32 Å². The number of allylic oxidation sites excluding steroid dienone is 3. The molecule has 1 amide bonds. The van der Waals surface area contributed by atoms with Crippen LogP contribution in [0.3, 0.4) is 0 Å². The van der Waals surface area contributed by atoms with Crippen molar-refractivity contribution in [3.63, 3.8) is 0 Å². The summed E-state index contributed by atoms with van der Waals surface area (Å²) in [6, 6.07) is -0.648. The molecule has 2 unspecified atom stereocenters. The molecule has 0 aliphatic rings. The fourth-order valence-corrected chi connectivity index (χ4v) is 8.63. The summed E-state index contributed by atoms with van der Waals surface area (Å²) in [5.74, 6) is -0.124. The Morgan fingerprint density at radius 2 is 0.746 bits per heavy atom. The lowest BCUT2D eigenvalue weighted by molar-refractivity contribution is -0.143. The number of unbranched alkanes of at least 4 members (excludes halogenated alkanes) is 39. The number of aliphatic hydroxyl groups is 2. The van der Waals surface area contributed by atoms with E-state index in [1.807, 2.05) is 6.08 Å². The number of carbonyl (C=O) groups excluding carboxylic acids is 2. The molecule has 0 rings (SSSR count). The van der Waals surface area contributed by atoms with E-state index in [1.165, 1.54) is 193 Å². The minimum atomic E-state index is -0.862. The zero-order valence-corrected chi connectivity index (χ0v) is 42.3. The Kier molecular flexibility index (Phi) is 51.6. The summed E-state index contributed by atoms with van der Waals surface area (Å²) in [4.78, 5) is 24.5. The lowest BCUT2D eigenvalue weighted by Gasteiger charge is -2.20. The minimum absolute atomic E-state index is 0.0288. The first kappa shape index (κ1) is 61.3. The van der Waals surface area contributed by atoms with Crippen LogP contribution in [0.1, 0.15) is 303 Å². The molecule has 3 N–H and O–H groups in total. The number of hydrogen-bond acceptors (Lipinski definition) is 5. The molecule has 6 heteroatoms. The maximum atomic E-state index is 12.5. The predicted octanol–water partition coefficient (Wildman–Crippen LogP) is 17.1. The van der Waals surface area contributed by atoms with Gasteiger partial charge in [-0.05, 0) is 57.8 Å². The lowest BCUT2D eigenvalue weighted by atomic mass is 10.0. The third-order valence-electron chi connectivity index (χ3n) is 13.0. The van der Waals surface area contributed by atoms with Crippen LogP contribution in [0, 0.1) is 0 Å². The number of rotatable bonds is 52. The smallest absolute Gasteiger partial charge is 0.305 e.